The van der Waals surface area contributed by atoms with Crippen molar-refractivity contribution in [2.45, 2.75) is 53.0 Å². The van der Waals surface area contributed by atoms with Crippen LogP contribution >= 0.6 is 0 Å². The highest BCUT2D eigenvalue weighted by Crippen LogP contribution is 2.24. The van der Waals surface area contributed by atoms with Crippen LogP contribution in [-0.2, 0) is 14.4 Å². The smallest absolute Gasteiger partial charge is 0.330 e. The molecule has 0 radical (unpaired) electrons. The highest BCUT2D eigenvalue weighted by molar-refractivity contribution is 5.87. The Balaban J connectivity index is 2.12. The zero-order valence-electron chi connectivity index (χ0n) is 16.6. The van der Waals surface area contributed by atoms with E-state index in [9.17, 15) is 19.5 Å². The molecule has 148 valence electrons. The Hall–Kier alpha value is -2.37. The summed E-state index contributed by atoms with van der Waals surface area (Å²) < 4.78 is 0. The molecule has 3 atom stereocenters. The van der Waals surface area contributed by atoms with Crippen molar-refractivity contribution in [1.29, 1.82) is 0 Å². The average Bonchev–Trinajstić information content (AvgIpc) is 2.67. The van der Waals surface area contributed by atoms with Crippen LogP contribution in [0.3, 0.4) is 0 Å². The molecule has 1 aliphatic heterocycles. The van der Waals surface area contributed by atoms with Gasteiger partial charge in [-0.15, -0.1) is 0 Å². The molecule has 6 heteroatoms. The fourth-order valence-corrected chi connectivity index (χ4v) is 3.50. The summed E-state index contributed by atoms with van der Waals surface area (Å²) >= 11 is 0. The van der Waals surface area contributed by atoms with Gasteiger partial charge in [-0.25, -0.2) is 4.79 Å². The SMILES string of the molecule is CCC(C)C(=O)N1CCCC(C(=O)NC(C(=O)O)c2cccc(C)c2C)C1. The molecule has 0 saturated carbocycles. The summed E-state index contributed by atoms with van der Waals surface area (Å²) in [4.78, 5) is 38.8. The van der Waals surface area contributed by atoms with Crippen LogP contribution in [0.4, 0.5) is 0 Å². The van der Waals surface area contributed by atoms with Gasteiger partial charge in [0, 0.05) is 19.0 Å². The number of piperidine rings is 1. The molecule has 2 N–H and O–H groups in total. The van der Waals surface area contributed by atoms with Gasteiger partial charge in [-0.1, -0.05) is 32.0 Å². The van der Waals surface area contributed by atoms with Crippen LogP contribution in [0.25, 0.3) is 0 Å². The van der Waals surface area contributed by atoms with Gasteiger partial charge in [-0.2, -0.15) is 0 Å². The molecule has 1 aliphatic rings. The van der Waals surface area contributed by atoms with E-state index in [1.807, 2.05) is 33.8 Å². The summed E-state index contributed by atoms with van der Waals surface area (Å²) in [7, 11) is 0. The molecule has 27 heavy (non-hydrogen) atoms. The van der Waals surface area contributed by atoms with Gasteiger partial charge in [-0.3, -0.25) is 9.59 Å². The molecule has 1 aromatic rings. The van der Waals surface area contributed by atoms with Crippen molar-refractivity contribution >= 4 is 17.8 Å². The third-order valence-electron chi connectivity index (χ3n) is 5.63. The van der Waals surface area contributed by atoms with Gasteiger partial charge in [0.25, 0.3) is 0 Å². The molecule has 2 rings (SSSR count). The maximum absolute atomic E-state index is 12.8. The monoisotopic (exact) mass is 374 g/mol. The number of hydrogen-bond acceptors (Lipinski definition) is 3. The van der Waals surface area contributed by atoms with E-state index in [0.29, 0.717) is 25.1 Å². The Labute approximate surface area is 160 Å². The van der Waals surface area contributed by atoms with Gasteiger partial charge in [0.1, 0.15) is 0 Å². The Morgan fingerprint density at radius 3 is 2.63 bits per heavy atom. The molecule has 0 bridgehead atoms. The van der Waals surface area contributed by atoms with Gasteiger partial charge in [0.15, 0.2) is 6.04 Å². The summed E-state index contributed by atoms with van der Waals surface area (Å²) in [6.45, 7) is 8.66. The number of hydrogen-bond donors (Lipinski definition) is 2. The van der Waals surface area contributed by atoms with Crippen molar-refractivity contribution in [3.8, 4) is 0 Å². The second kappa shape index (κ2) is 9.02. The minimum atomic E-state index is -1.09. The van der Waals surface area contributed by atoms with Gasteiger partial charge in [0.2, 0.25) is 11.8 Å². The fourth-order valence-electron chi connectivity index (χ4n) is 3.50. The van der Waals surface area contributed by atoms with Crippen LogP contribution < -0.4 is 5.32 Å². The lowest BCUT2D eigenvalue weighted by atomic mass is 9.93. The van der Waals surface area contributed by atoms with E-state index in [-0.39, 0.29) is 23.7 Å². The molecule has 0 aliphatic carbocycles. The van der Waals surface area contributed by atoms with Gasteiger partial charge >= 0.3 is 5.97 Å². The number of likely N-dealkylation sites (tertiary alicyclic amines) is 1. The normalized spacial score (nSPS) is 19.3. The van der Waals surface area contributed by atoms with Crippen molar-refractivity contribution < 1.29 is 19.5 Å². The Kier molecular flexibility index (Phi) is 6.99. The molecule has 3 unspecified atom stereocenters. The average molecular weight is 374 g/mol. The van der Waals surface area contributed by atoms with Gasteiger partial charge in [-0.05, 0) is 49.8 Å². The molecule has 2 amide bonds. The fraction of sp³-hybridized carbons (Fsp3) is 0.571. The third kappa shape index (κ3) is 4.87. The molecule has 1 fully saturated rings. The second-order valence-electron chi connectivity index (χ2n) is 7.50. The lowest BCUT2D eigenvalue weighted by molar-refractivity contribution is -0.144. The minimum Gasteiger partial charge on any atom is -0.479 e. The zero-order valence-corrected chi connectivity index (χ0v) is 16.6. The lowest BCUT2D eigenvalue weighted by Crippen LogP contribution is -2.48. The molecular formula is C21H30N2O4. The maximum atomic E-state index is 12.8. The van der Waals surface area contributed by atoms with Crippen molar-refractivity contribution in [1.82, 2.24) is 10.2 Å². The lowest BCUT2D eigenvalue weighted by Gasteiger charge is -2.34. The van der Waals surface area contributed by atoms with Gasteiger partial charge < -0.3 is 15.3 Å². The summed E-state index contributed by atoms with van der Waals surface area (Å²) in [5, 5.41) is 12.4. The topological polar surface area (TPSA) is 86.7 Å². The van der Waals surface area contributed by atoms with Crippen LogP contribution in [0.1, 0.15) is 55.8 Å². The number of nitrogens with zero attached hydrogens (tertiary/aromatic N) is 1. The van der Waals surface area contributed by atoms with E-state index in [1.165, 1.54) is 0 Å². The number of carboxylic acids is 1. The molecule has 1 saturated heterocycles. The number of carbonyl (C=O) groups is 3. The minimum absolute atomic E-state index is 0.0616. The number of amides is 2. The summed E-state index contributed by atoms with van der Waals surface area (Å²) in [6, 6.07) is 4.37. The summed E-state index contributed by atoms with van der Waals surface area (Å²) in [5.41, 5.74) is 2.44. The number of nitrogens with one attached hydrogen (secondary N) is 1. The van der Waals surface area contributed by atoms with Gasteiger partial charge in [0.05, 0.1) is 5.92 Å². The highest BCUT2D eigenvalue weighted by atomic mass is 16.4. The first kappa shape index (κ1) is 20.9. The molecule has 0 aromatic heterocycles. The first-order valence-corrected chi connectivity index (χ1v) is 9.64. The molecule has 6 nitrogen and oxygen atoms in total. The Bertz CT molecular complexity index is 716. The first-order valence-electron chi connectivity index (χ1n) is 9.64. The predicted molar refractivity (Wildman–Crippen MR) is 103 cm³/mol. The number of carboxylic acid groups (broad SMARTS) is 1. The Morgan fingerprint density at radius 2 is 2.00 bits per heavy atom. The number of benzene rings is 1. The number of aliphatic carboxylic acids is 1. The van der Waals surface area contributed by atoms with Crippen LogP contribution in [-0.4, -0.2) is 40.9 Å². The third-order valence-corrected chi connectivity index (χ3v) is 5.63. The summed E-state index contributed by atoms with van der Waals surface area (Å²) in [5.74, 6) is -1.75. The summed E-state index contributed by atoms with van der Waals surface area (Å²) in [6.07, 6.45) is 2.18. The predicted octanol–water partition coefficient (Wildman–Crippen LogP) is 2.83. The molecule has 1 heterocycles. The molecule has 1 aromatic carbocycles. The van der Waals surface area contributed by atoms with Crippen molar-refractivity contribution in [3.05, 3.63) is 34.9 Å². The van der Waals surface area contributed by atoms with Crippen molar-refractivity contribution in [3.63, 3.8) is 0 Å². The standard InChI is InChI=1S/C21H30N2O4/c1-5-13(2)20(25)23-11-7-9-16(12-23)19(24)22-18(21(26)27)17-10-6-8-14(3)15(17)4/h6,8,10,13,16,18H,5,7,9,11-12H2,1-4H3,(H,22,24)(H,26,27). The van der Waals surface area contributed by atoms with E-state index in [0.717, 1.165) is 24.0 Å². The van der Waals surface area contributed by atoms with E-state index in [4.69, 9.17) is 0 Å². The van der Waals surface area contributed by atoms with E-state index < -0.39 is 12.0 Å². The zero-order chi connectivity index (χ0) is 20.1. The van der Waals surface area contributed by atoms with Crippen molar-refractivity contribution in [2.24, 2.45) is 11.8 Å². The van der Waals surface area contributed by atoms with E-state index >= 15 is 0 Å². The van der Waals surface area contributed by atoms with Crippen molar-refractivity contribution in [2.75, 3.05) is 13.1 Å². The largest absolute Gasteiger partial charge is 0.479 e. The molecular weight excluding hydrogens is 344 g/mol. The quantitative estimate of drug-likeness (QED) is 0.802. The van der Waals surface area contributed by atoms with E-state index in [2.05, 4.69) is 5.32 Å². The van der Waals surface area contributed by atoms with Crippen LogP contribution in [0.15, 0.2) is 18.2 Å². The maximum Gasteiger partial charge on any atom is 0.330 e. The van der Waals surface area contributed by atoms with Crippen LogP contribution in [0.5, 0.6) is 0 Å². The Morgan fingerprint density at radius 1 is 1.30 bits per heavy atom. The van der Waals surface area contributed by atoms with Crippen LogP contribution in [0.2, 0.25) is 0 Å². The van der Waals surface area contributed by atoms with Crippen LogP contribution in [0, 0.1) is 25.7 Å². The number of aryl methyl sites for hydroxylation is 1. The van der Waals surface area contributed by atoms with E-state index in [1.54, 1.807) is 17.0 Å². The first-order chi connectivity index (χ1) is 12.8. The highest BCUT2D eigenvalue weighted by Gasteiger charge is 2.32. The number of carbonyl (C=O) groups excluding carboxylic acids is 2. The molecule has 0 spiro atoms. The second-order valence-corrected chi connectivity index (χ2v) is 7.50. The number of rotatable bonds is 6.